The predicted molar refractivity (Wildman–Crippen MR) is 101 cm³/mol. The molecule has 0 saturated carbocycles. The van der Waals surface area contributed by atoms with Crippen LogP contribution in [0.3, 0.4) is 0 Å². The van der Waals surface area contributed by atoms with E-state index in [-0.39, 0.29) is 40.6 Å². The minimum atomic E-state index is -1.52. The van der Waals surface area contributed by atoms with Gasteiger partial charge in [-0.1, -0.05) is 0 Å². The number of benzene rings is 2. The SMILES string of the molecule is [Cl-].[Cl-].[Cl-].[Ti+3][C]1([Si]2(c3ccccc3)CCCC2)C=CC(Cc2ccccc2)=C1. The molecule has 0 aromatic heterocycles. The summed E-state index contributed by atoms with van der Waals surface area (Å²) in [6, 6.07) is 25.2. The Kier molecular flexibility index (Phi) is 9.61. The predicted octanol–water partition coefficient (Wildman–Crippen LogP) is -3.87. The average molecular weight is 470 g/mol. The molecule has 2 aromatic rings. The maximum absolute atomic E-state index is 2.62. The molecule has 1 unspecified atom stereocenters. The molecule has 4 rings (SSSR count). The molecule has 2 aromatic carbocycles. The van der Waals surface area contributed by atoms with E-state index >= 15 is 0 Å². The standard InChI is InChI=1S/C22H23Si.3ClH.Ti/c1-3-9-19(10-4-1)17-20-13-14-22(18-20)23(15-7-8-16-23)21-11-5-2-6-12-21;;;;/h1-6,9-14,18H,7-8,15-17H2;3*1H;/q;;;;+3/p-3. The molecule has 1 fully saturated rings. The van der Waals surface area contributed by atoms with E-state index in [0.29, 0.717) is 0 Å². The molecule has 2 aliphatic rings. The van der Waals surface area contributed by atoms with Gasteiger partial charge in [-0.3, -0.25) is 0 Å². The van der Waals surface area contributed by atoms with Gasteiger partial charge in [-0.25, -0.2) is 0 Å². The number of hydrogen-bond acceptors (Lipinski definition) is 0. The molecule has 0 amide bonds. The van der Waals surface area contributed by atoms with Crippen LogP contribution in [0.5, 0.6) is 0 Å². The second kappa shape index (κ2) is 10.5. The van der Waals surface area contributed by atoms with Crippen LogP contribution in [0.25, 0.3) is 0 Å². The normalized spacial score (nSPS) is 22.2. The zero-order valence-electron chi connectivity index (χ0n) is 15.2. The summed E-state index contributed by atoms with van der Waals surface area (Å²) in [6.45, 7) is 0. The Morgan fingerprint density at radius 2 is 1.37 bits per heavy atom. The molecule has 140 valence electrons. The van der Waals surface area contributed by atoms with Gasteiger partial charge in [0.2, 0.25) is 0 Å². The van der Waals surface area contributed by atoms with Crippen LogP contribution in [0.1, 0.15) is 18.4 Å². The van der Waals surface area contributed by atoms with Crippen molar-refractivity contribution in [2.45, 2.75) is 34.7 Å². The molecule has 0 N–H and O–H groups in total. The second-order valence-corrected chi connectivity index (χ2v) is 13.9. The van der Waals surface area contributed by atoms with E-state index in [2.05, 4.69) is 99.3 Å². The van der Waals surface area contributed by atoms with E-state index in [0.717, 1.165) is 6.42 Å². The summed E-state index contributed by atoms with van der Waals surface area (Å²) in [5.74, 6) is 0. The zero-order chi connectivity index (χ0) is 16.5. The Hall–Kier alpha value is -0.279. The van der Waals surface area contributed by atoms with Crippen LogP contribution in [0.15, 0.2) is 84.5 Å². The van der Waals surface area contributed by atoms with Crippen molar-refractivity contribution in [2.24, 2.45) is 0 Å². The second-order valence-electron chi connectivity index (χ2n) is 7.24. The van der Waals surface area contributed by atoms with Gasteiger partial charge in [-0.2, -0.15) is 0 Å². The first-order valence-corrected chi connectivity index (χ1v) is 12.2. The van der Waals surface area contributed by atoms with E-state index < -0.39 is 8.07 Å². The Morgan fingerprint density at radius 3 is 1.96 bits per heavy atom. The van der Waals surface area contributed by atoms with Gasteiger partial charge in [0.15, 0.2) is 0 Å². The zero-order valence-corrected chi connectivity index (χ0v) is 20.0. The van der Waals surface area contributed by atoms with Gasteiger partial charge >= 0.3 is 158 Å². The summed E-state index contributed by atoms with van der Waals surface area (Å²) >= 11 is 2.51. The van der Waals surface area contributed by atoms with Crippen LogP contribution >= 0.6 is 0 Å². The number of rotatable bonds is 4. The Balaban J connectivity index is 0.00000121. The van der Waals surface area contributed by atoms with Crippen molar-refractivity contribution in [3.05, 3.63) is 90.0 Å². The van der Waals surface area contributed by atoms with Gasteiger partial charge in [0.05, 0.1) is 0 Å². The molecule has 0 radical (unpaired) electrons. The molecule has 1 heterocycles. The topological polar surface area (TPSA) is 0 Å². The molecular formula is C22H23Cl3SiTi. The van der Waals surface area contributed by atoms with Crippen LogP contribution in [-0.4, -0.2) is 8.07 Å². The third-order valence-electron chi connectivity index (χ3n) is 5.80. The van der Waals surface area contributed by atoms with Crippen molar-refractivity contribution >= 4 is 13.3 Å². The van der Waals surface area contributed by atoms with E-state index in [1.54, 1.807) is 5.19 Å². The molecule has 0 bridgehead atoms. The first kappa shape index (κ1) is 24.8. The van der Waals surface area contributed by atoms with Gasteiger partial charge in [0.25, 0.3) is 0 Å². The Labute approximate surface area is 194 Å². The fraction of sp³-hybridized carbons (Fsp3) is 0.273. The van der Waals surface area contributed by atoms with Crippen molar-refractivity contribution in [1.29, 1.82) is 0 Å². The molecule has 0 spiro atoms. The quantitative estimate of drug-likeness (QED) is 0.402. The molecule has 5 heteroatoms. The van der Waals surface area contributed by atoms with Gasteiger partial charge in [0.1, 0.15) is 0 Å². The molecular weight excluding hydrogens is 447 g/mol. The molecule has 1 saturated heterocycles. The summed E-state index contributed by atoms with van der Waals surface area (Å²) in [6.07, 6.45) is 11.4. The maximum atomic E-state index is 2.62. The van der Waals surface area contributed by atoms with E-state index in [9.17, 15) is 0 Å². The summed E-state index contributed by atoms with van der Waals surface area (Å²) in [5.41, 5.74) is 2.91. The third-order valence-corrected chi connectivity index (χ3v) is 14.3. The van der Waals surface area contributed by atoms with Crippen LogP contribution in [0.2, 0.25) is 15.4 Å². The summed E-state index contributed by atoms with van der Waals surface area (Å²) < 4.78 is 0.273. The van der Waals surface area contributed by atoms with Gasteiger partial charge in [-0.05, 0) is 0 Å². The summed E-state index contributed by atoms with van der Waals surface area (Å²) in [4.78, 5) is 0. The van der Waals surface area contributed by atoms with Crippen molar-refractivity contribution in [3.8, 4) is 0 Å². The van der Waals surface area contributed by atoms with Crippen molar-refractivity contribution in [3.63, 3.8) is 0 Å². The Bertz CT molecular complexity index is 771. The molecule has 0 nitrogen and oxygen atoms in total. The number of allylic oxidation sites excluding steroid dienone is 4. The minimum absolute atomic E-state index is 0. The van der Waals surface area contributed by atoms with Gasteiger partial charge in [-0.15, -0.1) is 0 Å². The summed E-state index contributed by atoms with van der Waals surface area (Å²) in [7, 11) is -1.52. The summed E-state index contributed by atoms with van der Waals surface area (Å²) in [5, 5.41) is 1.66. The number of hydrogen-bond donors (Lipinski definition) is 0. The third kappa shape index (κ3) is 4.83. The fourth-order valence-corrected chi connectivity index (χ4v) is 12.3. The van der Waals surface area contributed by atoms with E-state index in [1.807, 2.05) is 0 Å². The Morgan fingerprint density at radius 1 is 0.815 bits per heavy atom. The van der Waals surface area contributed by atoms with Gasteiger partial charge < -0.3 is 37.2 Å². The average Bonchev–Trinajstić information content (AvgIpc) is 3.26. The molecule has 1 aliphatic carbocycles. The molecule has 1 atom stereocenters. The van der Waals surface area contributed by atoms with Crippen LogP contribution in [-0.2, 0) is 26.9 Å². The van der Waals surface area contributed by atoms with E-state index in [1.165, 1.54) is 36.1 Å². The number of halogens is 3. The van der Waals surface area contributed by atoms with Crippen molar-refractivity contribution in [2.75, 3.05) is 0 Å². The van der Waals surface area contributed by atoms with Crippen LogP contribution < -0.4 is 42.4 Å². The monoisotopic (exact) mass is 468 g/mol. The molecule has 1 aliphatic heterocycles. The molecule has 27 heavy (non-hydrogen) atoms. The first-order chi connectivity index (χ1) is 11.7. The van der Waals surface area contributed by atoms with Crippen molar-refractivity contribution in [1.82, 2.24) is 0 Å². The van der Waals surface area contributed by atoms with Crippen molar-refractivity contribution < 1.29 is 57.7 Å². The van der Waals surface area contributed by atoms with Gasteiger partial charge in [0, 0.05) is 0 Å². The van der Waals surface area contributed by atoms with E-state index in [4.69, 9.17) is 0 Å². The van der Waals surface area contributed by atoms with Crippen LogP contribution in [0, 0.1) is 0 Å². The fourth-order valence-electron chi connectivity index (χ4n) is 4.54. The van der Waals surface area contributed by atoms with Crippen LogP contribution in [0.4, 0.5) is 0 Å². The first-order valence-electron chi connectivity index (χ1n) is 8.97.